The molecule has 5 rings (SSSR count). The van der Waals surface area contributed by atoms with Crippen LogP contribution in [0, 0.1) is 18.3 Å². The Morgan fingerprint density at radius 2 is 2.03 bits per heavy atom. The van der Waals surface area contributed by atoms with E-state index in [4.69, 9.17) is 4.74 Å². The van der Waals surface area contributed by atoms with Crippen LogP contribution in [-0.4, -0.2) is 58.1 Å². The van der Waals surface area contributed by atoms with Crippen LogP contribution >= 0.6 is 0 Å². The molecule has 2 aliphatic heterocycles. The number of ether oxygens (including phenoxy) is 1. The maximum Gasteiger partial charge on any atom is 0.143 e. The lowest BCUT2D eigenvalue weighted by Crippen LogP contribution is -2.48. The molecular weight excluding hydrogens is 388 g/mol. The molecular formula is C25H30N4O2. The second-order valence-corrected chi connectivity index (χ2v) is 9.65. The largest absolute Gasteiger partial charge is 0.380 e. The molecule has 1 aromatic carbocycles. The number of aryl methyl sites for hydroxylation is 1. The van der Waals surface area contributed by atoms with Crippen LogP contribution in [0.3, 0.4) is 0 Å². The summed E-state index contributed by atoms with van der Waals surface area (Å²) in [5.41, 5.74) is 3.33. The van der Waals surface area contributed by atoms with Gasteiger partial charge in [0.05, 0.1) is 25.1 Å². The van der Waals surface area contributed by atoms with E-state index >= 15 is 0 Å². The zero-order valence-electron chi connectivity index (χ0n) is 18.6. The van der Waals surface area contributed by atoms with E-state index in [-0.39, 0.29) is 11.3 Å². The number of carbonyl (C=O) groups excluding carboxylic acids is 1. The lowest BCUT2D eigenvalue weighted by molar-refractivity contribution is -0.123. The minimum atomic E-state index is 0.117. The number of hydrogen-bond donors (Lipinski definition) is 0. The molecule has 6 heteroatoms. The lowest BCUT2D eigenvalue weighted by Gasteiger charge is -2.40. The van der Waals surface area contributed by atoms with E-state index in [1.807, 2.05) is 26.4 Å². The third-order valence-electron chi connectivity index (χ3n) is 6.88. The number of carbonyl (C=O) groups is 1. The molecule has 2 fully saturated rings. The Balaban J connectivity index is 1.29. The topological polar surface area (TPSA) is 60.3 Å². The highest BCUT2D eigenvalue weighted by molar-refractivity contribution is 5.88. The summed E-state index contributed by atoms with van der Waals surface area (Å²) in [6, 6.07) is 8.43. The number of fused-ring (bicyclic) bond motifs is 1. The van der Waals surface area contributed by atoms with Crippen LogP contribution in [0.25, 0.3) is 22.0 Å². The van der Waals surface area contributed by atoms with Gasteiger partial charge in [0, 0.05) is 60.7 Å². The van der Waals surface area contributed by atoms with Gasteiger partial charge in [-0.3, -0.25) is 9.78 Å². The first-order chi connectivity index (χ1) is 14.9. The van der Waals surface area contributed by atoms with Crippen LogP contribution in [0.15, 0.2) is 36.7 Å². The van der Waals surface area contributed by atoms with Crippen molar-refractivity contribution in [1.82, 2.24) is 19.4 Å². The van der Waals surface area contributed by atoms with Gasteiger partial charge >= 0.3 is 0 Å². The Hall–Kier alpha value is -2.57. The van der Waals surface area contributed by atoms with Gasteiger partial charge in [-0.2, -0.15) is 0 Å². The molecule has 0 bridgehead atoms. The molecule has 4 heterocycles. The summed E-state index contributed by atoms with van der Waals surface area (Å²) in [7, 11) is 2.03. The minimum absolute atomic E-state index is 0.117. The Labute approximate surface area is 183 Å². The third kappa shape index (κ3) is 4.02. The number of imidazole rings is 1. The molecule has 2 aliphatic rings. The number of hydrogen-bond acceptors (Lipinski definition) is 5. The second kappa shape index (κ2) is 7.84. The number of likely N-dealkylation sites (tertiary alicyclic amines) is 1. The van der Waals surface area contributed by atoms with Crippen molar-refractivity contribution in [3.05, 3.63) is 48.2 Å². The quantitative estimate of drug-likeness (QED) is 0.614. The van der Waals surface area contributed by atoms with Gasteiger partial charge in [0.1, 0.15) is 11.6 Å². The average molecular weight is 419 g/mol. The van der Waals surface area contributed by atoms with E-state index in [0.29, 0.717) is 12.2 Å². The number of benzene rings is 1. The summed E-state index contributed by atoms with van der Waals surface area (Å²) in [4.78, 5) is 24.4. The van der Waals surface area contributed by atoms with Crippen LogP contribution < -0.4 is 0 Å². The molecule has 6 nitrogen and oxygen atoms in total. The van der Waals surface area contributed by atoms with Crippen molar-refractivity contribution in [3.8, 4) is 11.3 Å². The molecule has 0 saturated carbocycles. The van der Waals surface area contributed by atoms with Crippen molar-refractivity contribution in [2.75, 3.05) is 32.8 Å². The summed E-state index contributed by atoms with van der Waals surface area (Å²) in [5, 5.41) is 2.20. The molecule has 0 amide bonds. The van der Waals surface area contributed by atoms with Crippen LogP contribution in [0.4, 0.5) is 0 Å². The summed E-state index contributed by atoms with van der Waals surface area (Å²) in [6.45, 7) is 8.85. The van der Waals surface area contributed by atoms with Crippen molar-refractivity contribution in [2.45, 2.75) is 26.7 Å². The maximum atomic E-state index is 13.0. The number of aromatic nitrogens is 3. The molecule has 1 atom stereocenters. The van der Waals surface area contributed by atoms with Gasteiger partial charge in [-0.25, -0.2) is 4.98 Å². The predicted octanol–water partition coefficient (Wildman–Crippen LogP) is 3.41. The van der Waals surface area contributed by atoms with Crippen molar-refractivity contribution in [2.24, 2.45) is 18.4 Å². The zero-order chi connectivity index (χ0) is 21.6. The molecule has 1 unspecified atom stereocenters. The van der Waals surface area contributed by atoms with Crippen LogP contribution in [0.2, 0.25) is 0 Å². The molecule has 0 spiro atoms. The highest BCUT2D eigenvalue weighted by atomic mass is 16.5. The van der Waals surface area contributed by atoms with Gasteiger partial charge in [0.2, 0.25) is 0 Å². The number of rotatable bonds is 6. The van der Waals surface area contributed by atoms with E-state index in [9.17, 15) is 4.79 Å². The fourth-order valence-electron chi connectivity index (χ4n) is 4.86. The summed E-state index contributed by atoms with van der Waals surface area (Å²) in [5.74, 6) is 1.41. The minimum Gasteiger partial charge on any atom is -0.380 e. The van der Waals surface area contributed by atoms with Gasteiger partial charge < -0.3 is 14.2 Å². The van der Waals surface area contributed by atoms with Crippen molar-refractivity contribution >= 4 is 16.6 Å². The predicted molar refractivity (Wildman–Crippen MR) is 121 cm³/mol. The highest BCUT2D eigenvalue weighted by Gasteiger charge is 2.38. The van der Waals surface area contributed by atoms with Crippen molar-refractivity contribution < 1.29 is 9.53 Å². The molecule has 162 valence electrons. The van der Waals surface area contributed by atoms with Gasteiger partial charge in [0.25, 0.3) is 0 Å². The van der Waals surface area contributed by atoms with E-state index < -0.39 is 0 Å². The second-order valence-electron chi connectivity index (χ2n) is 9.65. The van der Waals surface area contributed by atoms with Crippen molar-refractivity contribution in [3.63, 3.8) is 0 Å². The van der Waals surface area contributed by atoms with E-state index in [2.05, 4.69) is 50.6 Å². The first-order valence-electron chi connectivity index (χ1n) is 11.1. The summed E-state index contributed by atoms with van der Waals surface area (Å²) in [6.07, 6.45) is 5.15. The van der Waals surface area contributed by atoms with E-state index in [1.54, 1.807) is 0 Å². The molecule has 0 aliphatic carbocycles. The first kappa shape index (κ1) is 20.3. The maximum absolute atomic E-state index is 13.0. The van der Waals surface area contributed by atoms with E-state index in [0.717, 1.165) is 72.8 Å². The summed E-state index contributed by atoms with van der Waals surface area (Å²) >= 11 is 0. The fraction of sp³-hybridized carbons (Fsp3) is 0.480. The fourth-order valence-corrected chi connectivity index (χ4v) is 4.86. The number of nitrogens with zero attached hydrogens (tertiary/aromatic N) is 4. The van der Waals surface area contributed by atoms with Crippen molar-refractivity contribution in [1.29, 1.82) is 0 Å². The molecule has 0 N–H and O–H groups in total. The zero-order valence-corrected chi connectivity index (χ0v) is 18.6. The highest BCUT2D eigenvalue weighted by Crippen LogP contribution is 2.30. The summed E-state index contributed by atoms with van der Waals surface area (Å²) < 4.78 is 7.47. The van der Waals surface area contributed by atoms with Gasteiger partial charge in [-0.1, -0.05) is 19.1 Å². The van der Waals surface area contributed by atoms with Gasteiger partial charge in [0.15, 0.2) is 0 Å². The Morgan fingerprint density at radius 1 is 1.19 bits per heavy atom. The molecule has 31 heavy (non-hydrogen) atoms. The van der Waals surface area contributed by atoms with Gasteiger partial charge in [-0.15, -0.1) is 0 Å². The normalized spacial score (nSPS) is 20.8. The monoisotopic (exact) mass is 418 g/mol. The number of Topliss-reactive ketones (excluding diaryl/α,β-unsaturated/α-hetero) is 1. The molecule has 0 radical (unpaired) electrons. The Kier molecular flexibility index (Phi) is 5.15. The van der Waals surface area contributed by atoms with Gasteiger partial charge in [-0.05, 0) is 37.4 Å². The molecule has 2 saturated heterocycles. The molecule has 3 aromatic rings. The van der Waals surface area contributed by atoms with Crippen LogP contribution in [0.5, 0.6) is 0 Å². The van der Waals surface area contributed by atoms with E-state index in [1.165, 1.54) is 0 Å². The molecule has 2 aromatic heterocycles. The van der Waals surface area contributed by atoms with Crippen LogP contribution in [0.1, 0.15) is 24.9 Å². The number of ketones is 1. The smallest absolute Gasteiger partial charge is 0.143 e. The number of pyridine rings is 1. The standard InChI is InChI=1S/C25H30N4O2/c1-17-26-12-23(28(17)3)18-4-5-19-11-27-22(9-21(19)8-18)10-24(30)20-6-7-29(13-20)14-25(2)15-31-16-25/h4-5,8-9,11-12,20H,6-7,10,13-16H2,1-3H3. The lowest BCUT2D eigenvalue weighted by atomic mass is 9.88. The Morgan fingerprint density at radius 3 is 2.74 bits per heavy atom. The Bertz CT molecular complexity index is 1130. The van der Waals surface area contributed by atoms with Crippen LogP contribution in [-0.2, 0) is 23.0 Å². The third-order valence-corrected chi connectivity index (χ3v) is 6.88. The first-order valence-corrected chi connectivity index (χ1v) is 11.1. The average Bonchev–Trinajstić information content (AvgIpc) is 3.33. The SMILES string of the molecule is Cc1ncc(-c2ccc3cnc(CC(=O)C4CCN(CC5(C)COC5)C4)cc3c2)n1C.